The Morgan fingerprint density at radius 1 is 1.00 bits per heavy atom. The molecule has 0 amide bonds. The summed E-state index contributed by atoms with van der Waals surface area (Å²) in [4.78, 5) is 0.495. The minimum absolute atomic E-state index is 0.0195. The Labute approximate surface area is 150 Å². The molecule has 2 aromatic carbocycles. The topological polar surface area (TPSA) is 43.1 Å². The molecule has 0 spiro atoms. The molecule has 0 saturated carbocycles. The van der Waals surface area contributed by atoms with Crippen molar-refractivity contribution in [2.75, 3.05) is 0 Å². The molecule has 0 aliphatic carbocycles. The van der Waals surface area contributed by atoms with E-state index >= 15 is 0 Å². The molecule has 0 unspecified atom stereocenters. The number of benzene rings is 2. The zero-order valence-electron chi connectivity index (χ0n) is 12.5. The minimum atomic E-state index is -0.969. The van der Waals surface area contributed by atoms with Crippen LogP contribution in [-0.4, -0.2) is 19.8 Å². The van der Waals surface area contributed by atoms with Crippen LogP contribution in [0.25, 0.3) is 28.5 Å². The summed E-state index contributed by atoms with van der Waals surface area (Å²) in [6.45, 7) is 0. The van der Waals surface area contributed by atoms with Crippen LogP contribution in [0.5, 0.6) is 0 Å². The second-order valence-electron chi connectivity index (χ2n) is 5.14. The van der Waals surface area contributed by atoms with Crippen LogP contribution in [-0.2, 0) is 0 Å². The Bertz CT molecular complexity index is 1090. The standard InChI is InChI=1S/C17H9ClF2N4S/c18-11-7-4-10(5-8-11)6-9-14-23-24-16(21-22-17(24)25-14)12-2-1-3-13(19)15(12)20/h1-9H/b9-6+. The van der Waals surface area contributed by atoms with E-state index in [2.05, 4.69) is 15.3 Å². The molecule has 8 heteroatoms. The summed E-state index contributed by atoms with van der Waals surface area (Å²) < 4.78 is 28.8. The van der Waals surface area contributed by atoms with Gasteiger partial charge in [0.15, 0.2) is 17.5 Å². The molecule has 0 radical (unpaired) electrons. The van der Waals surface area contributed by atoms with Gasteiger partial charge in [0.25, 0.3) is 0 Å². The second kappa shape index (κ2) is 6.34. The molecule has 0 N–H and O–H groups in total. The van der Waals surface area contributed by atoms with E-state index in [4.69, 9.17) is 11.6 Å². The van der Waals surface area contributed by atoms with E-state index in [-0.39, 0.29) is 11.4 Å². The van der Waals surface area contributed by atoms with Crippen LogP contribution in [0.3, 0.4) is 0 Å². The highest BCUT2D eigenvalue weighted by Crippen LogP contribution is 2.25. The van der Waals surface area contributed by atoms with Crippen LogP contribution in [0.15, 0.2) is 42.5 Å². The molecule has 0 aliphatic heterocycles. The summed E-state index contributed by atoms with van der Waals surface area (Å²) in [6, 6.07) is 11.3. The molecule has 4 nitrogen and oxygen atoms in total. The Morgan fingerprint density at radius 3 is 2.60 bits per heavy atom. The molecule has 0 saturated heterocycles. The summed E-state index contributed by atoms with van der Waals surface area (Å²) in [5.41, 5.74) is 0.984. The largest absolute Gasteiger partial charge is 0.235 e. The highest BCUT2D eigenvalue weighted by atomic mass is 35.5. The number of halogens is 3. The Hall–Kier alpha value is -2.64. The van der Waals surface area contributed by atoms with Gasteiger partial charge in [0.2, 0.25) is 4.96 Å². The Balaban J connectivity index is 1.71. The lowest BCUT2D eigenvalue weighted by Crippen LogP contribution is -1.95. The van der Waals surface area contributed by atoms with Crippen LogP contribution in [0.2, 0.25) is 5.02 Å². The molecule has 0 aliphatic rings. The fourth-order valence-electron chi connectivity index (χ4n) is 2.28. The summed E-state index contributed by atoms with van der Waals surface area (Å²) in [6.07, 6.45) is 3.69. The molecule has 2 aromatic heterocycles. The van der Waals surface area contributed by atoms with Gasteiger partial charge in [-0.15, -0.1) is 10.2 Å². The monoisotopic (exact) mass is 374 g/mol. The molecule has 0 atom stereocenters. The van der Waals surface area contributed by atoms with Crippen molar-refractivity contribution in [3.8, 4) is 11.4 Å². The van der Waals surface area contributed by atoms with E-state index < -0.39 is 11.6 Å². The van der Waals surface area contributed by atoms with Gasteiger partial charge in [0, 0.05) is 5.02 Å². The van der Waals surface area contributed by atoms with E-state index in [1.54, 1.807) is 12.1 Å². The average molecular weight is 375 g/mol. The first-order valence-corrected chi connectivity index (χ1v) is 8.41. The van der Waals surface area contributed by atoms with Crippen molar-refractivity contribution in [3.63, 3.8) is 0 Å². The van der Waals surface area contributed by atoms with E-state index in [1.165, 1.54) is 28.0 Å². The van der Waals surface area contributed by atoms with Crippen molar-refractivity contribution in [1.82, 2.24) is 19.8 Å². The highest BCUT2D eigenvalue weighted by Gasteiger charge is 2.17. The molecule has 2 heterocycles. The van der Waals surface area contributed by atoms with Crippen LogP contribution in [0, 0.1) is 11.6 Å². The first-order chi connectivity index (χ1) is 12.1. The zero-order valence-corrected chi connectivity index (χ0v) is 14.1. The Kier molecular flexibility index (Phi) is 4.03. The van der Waals surface area contributed by atoms with Crippen LogP contribution >= 0.6 is 22.9 Å². The Morgan fingerprint density at radius 2 is 1.80 bits per heavy atom. The van der Waals surface area contributed by atoms with Crippen molar-refractivity contribution in [1.29, 1.82) is 0 Å². The summed E-state index contributed by atoms with van der Waals surface area (Å²) >= 11 is 7.15. The molecule has 0 bridgehead atoms. The first-order valence-electron chi connectivity index (χ1n) is 7.22. The fraction of sp³-hybridized carbons (Fsp3) is 0. The van der Waals surface area contributed by atoms with Gasteiger partial charge in [0.1, 0.15) is 5.01 Å². The van der Waals surface area contributed by atoms with Gasteiger partial charge in [0.05, 0.1) is 5.56 Å². The smallest absolute Gasteiger partial charge is 0.204 e. The number of fused-ring (bicyclic) bond motifs is 1. The third kappa shape index (κ3) is 3.04. The van der Waals surface area contributed by atoms with E-state index in [0.29, 0.717) is 15.0 Å². The minimum Gasteiger partial charge on any atom is -0.204 e. The lowest BCUT2D eigenvalue weighted by molar-refractivity contribution is 0.510. The van der Waals surface area contributed by atoms with Crippen molar-refractivity contribution < 1.29 is 8.78 Å². The maximum absolute atomic E-state index is 14.0. The van der Waals surface area contributed by atoms with Gasteiger partial charge in [-0.1, -0.05) is 47.2 Å². The molecular weight excluding hydrogens is 366 g/mol. The lowest BCUT2D eigenvalue weighted by atomic mass is 10.2. The number of nitrogens with zero attached hydrogens (tertiary/aromatic N) is 4. The summed E-state index contributed by atoms with van der Waals surface area (Å²) in [5, 5.41) is 13.6. The number of rotatable bonds is 3. The maximum Gasteiger partial charge on any atom is 0.235 e. The van der Waals surface area contributed by atoms with E-state index in [1.807, 2.05) is 24.3 Å². The van der Waals surface area contributed by atoms with E-state index in [9.17, 15) is 8.78 Å². The quantitative estimate of drug-likeness (QED) is 0.509. The molecule has 0 fully saturated rings. The normalized spacial score (nSPS) is 11.6. The van der Waals surface area contributed by atoms with Crippen LogP contribution < -0.4 is 0 Å². The molecule has 124 valence electrons. The van der Waals surface area contributed by atoms with Gasteiger partial charge < -0.3 is 0 Å². The molecular formula is C17H9ClF2N4S. The zero-order chi connectivity index (χ0) is 17.4. The van der Waals surface area contributed by atoms with Gasteiger partial charge in [-0.3, -0.25) is 0 Å². The van der Waals surface area contributed by atoms with Gasteiger partial charge >= 0.3 is 0 Å². The first kappa shape index (κ1) is 15.9. The summed E-state index contributed by atoms with van der Waals surface area (Å²) in [5.74, 6) is -1.75. The maximum atomic E-state index is 14.0. The SMILES string of the molecule is Fc1cccc(-c2nnc3sc(/C=C/c4ccc(Cl)cc4)nn23)c1F. The van der Waals surface area contributed by atoms with Crippen LogP contribution in [0.4, 0.5) is 8.78 Å². The van der Waals surface area contributed by atoms with Crippen molar-refractivity contribution in [2.24, 2.45) is 0 Å². The van der Waals surface area contributed by atoms with Gasteiger partial charge in [-0.05, 0) is 35.9 Å². The van der Waals surface area contributed by atoms with Crippen molar-refractivity contribution in [2.45, 2.75) is 0 Å². The number of aromatic nitrogens is 4. The average Bonchev–Trinajstić information content (AvgIpc) is 3.17. The number of hydrogen-bond donors (Lipinski definition) is 0. The molecule has 4 rings (SSSR count). The third-order valence-electron chi connectivity index (χ3n) is 3.49. The fourth-order valence-corrected chi connectivity index (χ4v) is 3.15. The van der Waals surface area contributed by atoms with Crippen molar-refractivity contribution in [3.05, 3.63) is 69.7 Å². The molecule has 4 aromatic rings. The number of hydrogen-bond acceptors (Lipinski definition) is 4. The van der Waals surface area contributed by atoms with Gasteiger partial charge in [-0.2, -0.15) is 9.61 Å². The van der Waals surface area contributed by atoms with Crippen molar-refractivity contribution >= 4 is 40.1 Å². The third-order valence-corrected chi connectivity index (χ3v) is 4.60. The van der Waals surface area contributed by atoms with Gasteiger partial charge in [-0.25, -0.2) is 8.78 Å². The van der Waals surface area contributed by atoms with Crippen LogP contribution in [0.1, 0.15) is 10.6 Å². The predicted octanol–water partition coefficient (Wildman–Crippen LogP) is 4.95. The highest BCUT2D eigenvalue weighted by molar-refractivity contribution is 7.17. The predicted molar refractivity (Wildman–Crippen MR) is 94.4 cm³/mol. The molecule has 25 heavy (non-hydrogen) atoms. The van der Waals surface area contributed by atoms with E-state index in [0.717, 1.165) is 11.6 Å². The second-order valence-corrected chi connectivity index (χ2v) is 6.57. The summed E-state index contributed by atoms with van der Waals surface area (Å²) in [7, 11) is 0. The lowest BCUT2D eigenvalue weighted by Gasteiger charge is -1.99.